The van der Waals surface area contributed by atoms with Crippen LogP contribution in [0.2, 0.25) is 0 Å². The number of aromatic nitrogens is 2. The van der Waals surface area contributed by atoms with Gasteiger partial charge in [0.05, 0.1) is 0 Å². The number of aryl methyl sites for hydroxylation is 2. The zero-order valence-electron chi connectivity index (χ0n) is 33.4. The van der Waals surface area contributed by atoms with Crippen LogP contribution in [-0.4, -0.2) is 9.13 Å². The molecule has 1 aliphatic rings. The fourth-order valence-electron chi connectivity index (χ4n) is 9.13. The van der Waals surface area contributed by atoms with Gasteiger partial charge in [0.25, 0.3) is 0 Å². The van der Waals surface area contributed by atoms with E-state index in [4.69, 9.17) is 0 Å². The minimum atomic E-state index is -2.44. The van der Waals surface area contributed by atoms with E-state index in [1.165, 1.54) is 88.0 Å². The summed E-state index contributed by atoms with van der Waals surface area (Å²) in [6, 6.07) is 51.5. The SMILES string of the molecule is CC=C1CCCC1=CC(C#Cc1ccc2c3cc4c(cc3n(C)c2c1)c1ccc(/C=C/C)cc1n4C)=C([C]#[Os])[P+](c1ccccc1)(c1ccccc1)c1ccccc1. The van der Waals surface area contributed by atoms with Crippen LogP contribution in [0, 0.1) is 16.2 Å². The van der Waals surface area contributed by atoms with Gasteiger partial charge >= 0.3 is 289 Å². The van der Waals surface area contributed by atoms with E-state index in [0.717, 1.165) is 24.0 Å². The van der Waals surface area contributed by atoms with Crippen molar-refractivity contribution < 1.29 is 17.9 Å². The van der Waals surface area contributed by atoms with Crippen LogP contribution in [0.25, 0.3) is 49.7 Å². The van der Waals surface area contributed by atoms with Crippen LogP contribution in [0.15, 0.2) is 180 Å². The summed E-state index contributed by atoms with van der Waals surface area (Å²) in [6.45, 7) is 4.24. The summed E-state index contributed by atoms with van der Waals surface area (Å²) in [7, 11) is 1.94. The second-order valence-corrected chi connectivity index (χ2v) is 19.1. The summed E-state index contributed by atoms with van der Waals surface area (Å²) in [4.78, 5) is 0. The van der Waals surface area contributed by atoms with Crippen LogP contribution in [0.5, 0.6) is 0 Å². The van der Waals surface area contributed by atoms with Crippen molar-refractivity contribution in [3.05, 3.63) is 191 Å². The standard InChI is InChI=1S/C54H45N2P.Os/c1-6-18-39-28-31-47-49-36-54-50(37-53(49)55(4)51(47)33-39)48-32-29-40(34-52(48)56(54)5)27-30-42(35-43-20-17-19-41(43)7-2)38(3)57(44-21-11-8-12-22-44,45-23-13-9-14-24-45)46-25-15-10-16-26-46;/h6-16,18,21-26,28-29,31-37H,17,19-20H2,1-2,4-5H3;/q+1;/b18-6+,41-7?,42-38?,43-35?;. The summed E-state index contributed by atoms with van der Waals surface area (Å²) >= 11 is 1.82. The third-order valence-electron chi connectivity index (χ3n) is 11.9. The van der Waals surface area contributed by atoms with Crippen LogP contribution in [0.3, 0.4) is 0 Å². The third kappa shape index (κ3) is 6.39. The monoisotopic (exact) mass is 944 g/mol. The molecule has 2 nitrogen and oxygen atoms in total. The van der Waals surface area contributed by atoms with E-state index < -0.39 is 7.26 Å². The first-order chi connectivity index (χ1) is 28.5. The Morgan fingerprint density at radius 3 is 1.66 bits per heavy atom. The minimum absolute atomic E-state index is 1.000. The first kappa shape index (κ1) is 37.8. The van der Waals surface area contributed by atoms with Gasteiger partial charge in [0.2, 0.25) is 0 Å². The Bertz CT molecular complexity index is 3020. The number of benzene rings is 6. The normalized spacial score (nSPS) is 15.2. The average Bonchev–Trinajstić information content (AvgIpc) is 3.93. The van der Waals surface area contributed by atoms with E-state index in [2.05, 4.69) is 217 Å². The van der Waals surface area contributed by atoms with Gasteiger partial charge in [-0.15, -0.1) is 0 Å². The number of nitrogens with zero attached hydrogens (tertiary/aromatic N) is 2. The summed E-state index contributed by atoms with van der Waals surface area (Å²) in [5.74, 6) is 7.55. The molecular weight excluding hydrogens is 898 g/mol. The van der Waals surface area contributed by atoms with Crippen LogP contribution in [-0.2, 0) is 32.0 Å². The molecule has 0 N–H and O–H groups in total. The molecule has 0 bridgehead atoms. The Labute approximate surface area is 352 Å². The Hall–Kier alpha value is -5.71. The van der Waals surface area contributed by atoms with Gasteiger partial charge in [-0.05, 0) is 18.6 Å². The number of fused-ring (bicyclic) bond motifs is 6. The molecule has 6 aromatic carbocycles. The molecule has 2 aromatic heterocycles. The van der Waals surface area contributed by atoms with Crippen LogP contribution in [0.1, 0.15) is 44.2 Å². The molecule has 9 rings (SSSR count). The van der Waals surface area contributed by atoms with Gasteiger partial charge in [0.1, 0.15) is 0 Å². The van der Waals surface area contributed by atoms with Crippen LogP contribution in [0.4, 0.5) is 0 Å². The van der Waals surface area contributed by atoms with E-state index in [1.807, 2.05) is 17.9 Å². The molecular formula is C54H45N2OsP+. The molecule has 283 valence electrons. The van der Waals surface area contributed by atoms with Gasteiger partial charge < -0.3 is 4.57 Å². The first-order valence-electron chi connectivity index (χ1n) is 20.1. The predicted octanol–water partition coefficient (Wildman–Crippen LogP) is 12.2. The van der Waals surface area contributed by atoms with Crippen molar-refractivity contribution in [1.29, 1.82) is 0 Å². The van der Waals surface area contributed by atoms with Crippen LogP contribution >= 0.6 is 7.26 Å². The van der Waals surface area contributed by atoms with Crippen LogP contribution < -0.4 is 15.9 Å². The Balaban J connectivity index is 1.27. The number of allylic oxidation sites excluding steroid dienone is 7. The maximum atomic E-state index is 3.86. The second kappa shape index (κ2) is 15.9. The summed E-state index contributed by atoms with van der Waals surface area (Å²) in [5.41, 5.74) is 11.0. The summed E-state index contributed by atoms with van der Waals surface area (Å²) in [5, 5.41) is 10.1. The molecule has 0 amide bonds. The van der Waals surface area contributed by atoms with Gasteiger partial charge in [-0.2, -0.15) is 0 Å². The zero-order chi connectivity index (χ0) is 39.8. The van der Waals surface area contributed by atoms with E-state index in [-0.39, 0.29) is 0 Å². The van der Waals surface area contributed by atoms with Gasteiger partial charge in [-0.25, -0.2) is 0 Å². The molecule has 1 saturated carbocycles. The molecule has 2 heterocycles. The molecule has 0 unspecified atom stereocenters. The van der Waals surface area contributed by atoms with Crippen molar-refractivity contribution in [2.24, 2.45) is 14.1 Å². The molecule has 58 heavy (non-hydrogen) atoms. The van der Waals surface area contributed by atoms with Crippen molar-refractivity contribution in [2.45, 2.75) is 33.1 Å². The maximum absolute atomic E-state index is 3.86. The molecule has 0 spiro atoms. The zero-order valence-corrected chi connectivity index (χ0v) is 36.8. The van der Waals surface area contributed by atoms with Crippen molar-refractivity contribution in [3.63, 3.8) is 0 Å². The van der Waals surface area contributed by atoms with Crippen molar-refractivity contribution in [2.75, 3.05) is 0 Å². The fourth-order valence-corrected chi connectivity index (χ4v) is 14.9. The fraction of sp³-hybridized carbons (Fsp3) is 0.130. The molecule has 0 atom stereocenters. The molecule has 0 radical (unpaired) electrons. The van der Waals surface area contributed by atoms with Crippen molar-refractivity contribution >= 4 is 72.9 Å². The average molecular weight is 943 g/mol. The number of hydrogen-bond acceptors (Lipinski definition) is 0. The van der Waals surface area contributed by atoms with Gasteiger partial charge in [0.15, 0.2) is 0 Å². The molecule has 1 aliphatic carbocycles. The number of hydrogen-bond donors (Lipinski definition) is 0. The van der Waals surface area contributed by atoms with E-state index >= 15 is 0 Å². The Kier molecular flexibility index (Phi) is 10.4. The Morgan fingerprint density at radius 2 is 1.12 bits per heavy atom. The molecule has 4 heteroatoms. The molecule has 0 saturated heterocycles. The quantitative estimate of drug-likeness (QED) is 0.116. The summed E-state index contributed by atoms with van der Waals surface area (Å²) in [6.07, 6.45) is 12.3. The van der Waals surface area contributed by atoms with Crippen molar-refractivity contribution in [3.8, 4) is 16.2 Å². The molecule has 1 fully saturated rings. The first-order valence-corrected chi connectivity index (χ1v) is 23.1. The van der Waals surface area contributed by atoms with Gasteiger partial charge in [-0.1, -0.05) is 24.3 Å². The molecule has 0 aliphatic heterocycles. The predicted molar refractivity (Wildman–Crippen MR) is 248 cm³/mol. The third-order valence-corrected chi connectivity index (χ3v) is 17.3. The second-order valence-electron chi connectivity index (χ2n) is 15.1. The van der Waals surface area contributed by atoms with Gasteiger partial charge in [0, 0.05) is 18.0 Å². The summed E-state index contributed by atoms with van der Waals surface area (Å²) < 4.78 is 8.54. The van der Waals surface area contributed by atoms with E-state index in [0.29, 0.717) is 0 Å². The topological polar surface area (TPSA) is 9.86 Å². The van der Waals surface area contributed by atoms with Crippen molar-refractivity contribution in [1.82, 2.24) is 9.13 Å². The molecule has 8 aromatic rings. The van der Waals surface area contributed by atoms with Gasteiger partial charge in [-0.3, -0.25) is 0 Å². The number of rotatable bonds is 6. The Morgan fingerprint density at radius 1 is 0.603 bits per heavy atom. The van der Waals surface area contributed by atoms with E-state index in [1.54, 1.807) is 0 Å². The van der Waals surface area contributed by atoms with E-state index in [9.17, 15) is 0 Å².